The van der Waals surface area contributed by atoms with E-state index in [2.05, 4.69) is 10.3 Å². The molecule has 0 bridgehead atoms. The second kappa shape index (κ2) is 8.58. The summed E-state index contributed by atoms with van der Waals surface area (Å²) in [4.78, 5) is 29.7. The summed E-state index contributed by atoms with van der Waals surface area (Å²) >= 11 is 3.06. The van der Waals surface area contributed by atoms with Crippen LogP contribution in [-0.4, -0.2) is 23.0 Å². The predicted molar refractivity (Wildman–Crippen MR) is 104 cm³/mol. The van der Waals surface area contributed by atoms with Gasteiger partial charge in [0, 0.05) is 11.1 Å². The summed E-state index contributed by atoms with van der Waals surface area (Å²) in [5.41, 5.74) is 1.65. The first-order valence-corrected chi connectivity index (χ1v) is 9.80. The average molecular weight is 397 g/mol. The second-order valence-electron chi connectivity index (χ2n) is 5.61. The van der Waals surface area contributed by atoms with E-state index in [1.54, 1.807) is 35.6 Å². The van der Waals surface area contributed by atoms with Crippen molar-refractivity contribution in [1.29, 1.82) is 5.26 Å². The SMILES string of the molecule is C[C@@H](OC(=O)Cc1csc(-c2cccs2)n1)C(=O)Nc1ccc(C#N)cc1. The highest BCUT2D eigenvalue weighted by atomic mass is 32.1. The Morgan fingerprint density at radius 1 is 1.26 bits per heavy atom. The molecule has 1 N–H and O–H groups in total. The quantitative estimate of drug-likeness (QED) is 0.638. The molecule has 0 unspecified atom stereocenters. The van der Waals surface area contributed by atoms with Gasteiger partial charge in [0.25, 0.3) is 5.91 Å². The summed E-state index contributed by atoms with van der Waals surface area (Å²) < 4.78 is 5.20. The van der Waals surface area contributed by atoms with Crippen LogP contribution in [0, 0.1) is 11.3 Å². The summed E-state index contributed by atoms with van der Waals surface area (Å²) in [6.07, 6.45) is -0.931. The molecule has 3 aromatic rings. The number of thiophene rings is 1. The third kappa shape index (κ3) is 5.00. The molecule has 1 aromatic carbocycles. The number of hydrogen-bond acceptors (Lipinski definition) is 7. The molecule has 136 valence electrons. The van der Waals surface area contributed by atoms with E-state index in [-0.39, 0.29) is 6.42 Å². The molecule has 0 saturated carbocycles. The number of carbonyl (C=O) groups excluding carboxylic acids is 2. The van der Waals surface area contributed by atoms with Crippen LogP contribution in [0.5, 0.6) is 0 Å². The van der Waals surface area contributed by atoms with E-state index < -0.39 is 18.0 Å². The summed E-state index contributed by atoms with van der Waals surface area (Å²) in [6, 6.07) is 12.4. The van der Waals surface area contributed by atoms with Crippen LogP contribution >= 0.6 is 22.7 Å². The molecule has 27 heavy (non-hydrogen) atoms. The number of nitrogens with one attached hydrogen (secondary N) is 1. The number of hydrogen-bond donors (Lipinski definition) is 1. The van der Waals surface area contributed by atoms with Gasteiger partial charge in [-0.05, 0) is 42.6 Å². The van der Waals surface area contributed by atoms with Gasteiger partial charge in [0.15, 0.2) is 6.10 Å². The normalized spacial score (nSPS) is 11.4. The number of benzene rings is 1. The first-order valence-electron chi connectivity index (χ1n) is 8.04. The van der Waals surface area contributed by atoms with Crippen LogP contribution in [0.3, 0.4) is 0 Å². The number of thiazole rings is 1. The lowest BCUT2D eigenvalue weighted by Gasteiger charge is -2.13. The highest BCUT2D eigenvalue weighted by molar-refractivity contribution is 7.20. The highest BCUT2D eigenvalue weighted by Gasteiger charge is 2.19. The lowest BCUT2D eigenvalue weighted by atomic mass is 10.2. The van der Waals surface area contributed by atoms with Crippen molar-refractivity contribution in [2.45, 2.75) is 19.4 Å². The number of carbonyl (C=O) groups is 2. The van der Waals surface area contributed by atoms with E-state index in [4.69, 9.17) is 10.00 Å². The van der Waals surface area contributed by atoms with Crippen LogP contribution in [0.4, 0.5) is 5.69 Å². The molecule has 0 aliphatic heterocycles. The van der Waals surface area contributed by atoms with Crippen molar-refractivity contribution in [2.75, 3.05) is 5.32 Å². The van der Waals surface area contributed by atoms with E-state index in [0.29, 0.717) is 16.9 Å². The lowest BCUT2D eigenvalue weighted by molar-refractivity contribution is -0.152. The molecule has 2 aromatic heterocycles. The van der Waals surface area contributed by atoms with Crippen molar-refractivity contribution in [3.63, 3.8) is 0 Å². The maximum Gasteiger partial charge on any atom is 0.312 e. The molecule has 1 atom stereocenters. The third-order valence-electron chi connectivity index (χ3n) is 3.57. The molecule has 1 amide bonds. The summed E-state index contributed by atoms with van der Waals surface area (Å²) in [6.45, 7) is 1.51. The minimum absolute atomic E-state index is 0.0103. The molecule has 2 heterocycles. The van der Waals surface area contributed by atoms with Gasteiger partial charge in [-0.25, -0.2) is 4.98 Å². The fraction of sp³-hybridized carbons (Fsp3) is 0.158. The largest absolute Gasteiger partial charge is 0.452 e. The molecule has 0 saturated heterocycles. The first kappa shape index (κ1) is 18.8. The third-order valence-corrected chi connectivity index (χ3v) is 5.50. The fourth-order valence-corrected chi connectivity index (χ4v) is 3.85. The van der Waals surface area contributed by atoms with Crippen LogP contribution in [-0.2, 0) is 20.7 Å². The van der Waals surface area contributed by atoms with Gasteiger partial charge in [0.2, 0.25) is 0 Å². The zero-order chi connectivity index (χ0) is 19.2. The molecule has 8 heteroatoms. The molecule has 0 aliphatic carbocycles. The fourth-order valence-electron chi connectivity index (χ4n) is 2.21. The molecular formula is C19H15N3O3S2. The van der Waals surface area contributed by atoms with E-state index in [9.17, 15) is 9.59 Å². The lowest BCUT2D eigenvalue weighted by Crippen LogP contribution is -2.30. The van der Waals surface area contributed by atoms with Gasteiger partial charge in [0.1, 0.15) is 5.01 Å². The Balaban J connectivity index is 1.52. The van der Waals surface area contributed by atoms with Crippen molar-refractivity contribution in [3.8, 4) is 16.0 Å². The van der Waals surface area contributed by atoms with Gasteiger partial charge in [-0.2, -0.15) is 5.26 Å². The second-order valence-corrected chi connectivity index (χ2v) is 7.41. The Labute approximate surface area is 164 Å². The number of nitriles is 1. The molecule has 0 aliphatic rings. The van der Waals surface area contributed by atoms with E-state index in [1.165, 1.54) is 18.3 Å². The van der Waals surface area contributed by atoms with Crippen LogP contribution in [0.1, 0.15) is 18.2 Å². The van der Waals surface area contributed by atoms with Crippen molar-refractivity contribution < 1.29 is 14.3 Å². The Morgan fingerprint density at radius 2 is 2.04 bits per heavy atom. The van der Waals surface area contributed by atoms with Crippen LogP contribution in [0.25, 0.3) is 9.88 Å². The average Bonchev–Trinajstić information content (AvgIpc) is 3.33. The van der Waals surface area contributed by atoms with Gasteiger partial charge < -0.3 is 10.1 Å². The number of ether oxygens (including phenoxy) is 1. The number of rotatable bonds is 6. The van der Waals surface area contributed by atoms with E-state index in [1.807, 2.05) is 29.0 Å². The van der Waals surface area contributed by atoms with Crippen molar-refractivity contribution in [2.24, 2.45) is 0 Å². The van der Waals surface area contributed by atoms with Crippen LogP contribution < -0.4 is 5.32 Å². The zero-order valence-electron chi connectivity index (χ0n) is 14.3. The van der Waals surface area contributed by atoms with E-state index >= 15 is 0 Å². The smallest absolute Gasteiger partial charge is 0.312 e. The predicted octanol–water partition coefficient (Wildman–Crippen LogP) is 3.86. The number of nitrogens with zero attached hydrogens (tertiary/aromatic N) is 2. The van der Waals surface area contributed by atoms with Gasteiger partial charge >= 0.3 is 5.97 Å². The van der Waals surface area contributed by atoms with Crippen molar-refractivity contribution >= 4 is 40.2 Å². The summed E-state index contributed by atoms with van der Waals surface area (Å²) in [5.74, 6) is -0.953. The summed E-state index contributed by atoms with van der Waals surface area (Å²) in [7, 11) is 0. The van der Waals surface area contributed by atoms with Crippen LogP contribution in [0.2, 0.25) is 0 Å². The van der Waals surface area contributed by atoms with Crippen molar-refractivity contribution in [1.82, 2.24) is 4.98 Å². The minimum atomic E-state index is -0.941. The Hall–Kier alpha value is -3.02. The van der Waals surface area contributed by atoms with Gasteiger partial charge in [-0.15, -0.1) is 22.7 Å². The van der Waals surface area contributed by atoms with Gasteiger partial charge in [0.05, 0.1) is 28.6 Å². The summed E-state index contributed by atoms with van der Waals surface area (Å²) in [5, 5.41) is 16.1. The standard InChI is InChI=1S/C19H15N3O3S2/c1-12(18(24)21-14-6-4-13(10-20)5-7-14)25-17(23)9-15-11-27-19(22-15)16-3-2-8-26-16/h2-8,11-12H,9H2,1H3,(H,21,24)/t12-/m1/s1. The molecule has 0 fully saturated rings. The molecular weight excluding hydrogens is 382 g/mol. The van der Waals surface area contributed by atoms with E-state index in [0.717, 1.165) is 9.88 Å². The van der Waals surface area contributed by atoms with Gasteiger partial charge in [-0.3, -0.25) is 9.59 Å². The Bertz CT molecular complexity index is 973. The van der Waals surface area contributed by atoms with Crippen LogP contribution in [0.15, 0.2) is 47.2 Å². The first-order chi connectivity index (χ1) is 13.0. The minimum Gasteiger partial charge on any atom is -0.452 e. The number of aromatic nitrogens is 1. The monoisotopic (exact) mass is 397 g/mol. The molecule has 0 radical (unpaired) electrons. The number of esters is 1. The maximum absolute atomic E-state index is 12.1. The zero-order valence-corrected chi connectivity index (χ0v) is 16.0. The topological polar surface area (TPSA) is 92.1 Å². The van der Waals surface area contributed by atoms with Crippen molar-refractivity contribution in [3.05, 3.63) is 58.4 Å². The highest BCUT2D eigenvalue weighted by Crippen LogP contribution is 2.28. The maximum atomic E-state index is 12.1. The number of anilines is 1. The number of amides is 1. The Kier molecular flexibility index (Phi) is 5.96. The Morgan fingerprint density at radius 3 is 2.70 bits per heavy atom. The molecule has 6 nitrogen and oxygen atoms in total. The molecule has 0 spiro atoms. The molecule has 3 rings (SSSR count). The van der Waals surface area contributed by atoms with Gasteiger partial charge in [-0.1, -0.05) is 6.07 Å².